The number of para-hydroxylation sites is 1. The average Bonchev–Trinajstić information content (AvgIpc) is 1.59. The number of hydrogen-bond donors (Lipinski definition) is 6. The lowest BCUT2D eigenvalue weighted by atomic mass is 9.72. The van der Waals surface area contributed by atoms with Crippen molar-refractivity contribution in [2.45, 2.75) is 125 Å². The summed E-state index contributed by atoms with van der Waals surface area (Å²) >= 11 is 6.85. The molecule has 558 valence electrons. The number of fused-ring (bicyclic) bond motifs is 2. The van der Waals surface area contributed by atoms with Crippen molar-refractivity contribution in [3.05, 3.63) is 230 Å². The first-order valence-electron chi connectivity index (χ1n) is 34.1. The van der Waals surface area contributed by atoms with Gasteiger partial charge in [0.15, 0.2) is 23.4 Å². The number of carbonyl (C=O) groups excluding carboxylic acids is 2. The predicted molar refractivity (Wildman–Crippen MR) is 416 cm³/mol. The van der Waals surface area contributed by atoms with Gasteiger partial charge in [-0.2, -0.15) is 8.42 Å². The van der Waals surface area contributed by atoms with Gasteiger partial charge in [0.1, 0.15) is 45.3 Å². The van der Waals surface area contributed by atoms with Gasteiger partial charge in [0.25, 0.3) is 11.8 Å². The maximum absolute atomic E-state index is 13.7. The summed E-state index contributed by atoms with van der Waals surface area (Å²) in [6, 6.07) is 48.4. The minimum atomic E-state index is -2.11. The largest absolute Gasteiger partial charge is 0.508 e. The molecule has 0 bridgehead atoms. The smallest absolute Gasteiger partial charge is 0.338 e. The molecule has 0 aliphatic rings. The highest BCUT2D eigenvalue weighted by Crippen LogP contribution is 2.43. The number of aromatic amines is 2. The van der Waals surface area contributed by atoms with Gasteiger partial charge in [-0.1, -0.05) is 106 Å². The molecule has 24 nitrogen and oxygen atoms in total. The Hall–Kier alpha value is -10.7. The Bertz CT molecular complexity index is 5240. The van der Waals surface area contributed by atoms with Crippen molar-refractivity contribution >= 4 is 97.0 Å². The lowest BCUT2D eigenvalue weighted by molar-refractivity contribution is -0.122. The normalized spacial score (nSPS) is 12.7. The number of nitrogens with zero attached hydrogens (tertiary/aromatic N) is 6. The fourth-order valence-corrected chi connectivity index (χ4v) is 14.7. The second-order valence-electron chi connectivity index (χ2n) is 27.1. The number of anilines is 3. The van der Waals surface area contributed by atoms with Crippen LogP contribution in [0.15, 0.2) is 175 Å². The first-order valence-corrected chi connectivity index (χ1v) is 38.1. The molecule has 12 rings (SSSR count). The summed E-state index contributed by atoms with van der Waals surface area (Å²) in [5.41, 5.74) is 9.75. The summed E-state index contributed by atoms with van der Waals surface area (Å²) in [7, 11) is 0. The van der Waals surface area contributed by atoms with Gasteiger partial charge in [-0.15, -0.1) is 20.4 Å². The van der Waals surface area contributed by atoms with Crippen molar-refractivity contribution in [1.82, 2.24) is 39.6 Å². The molecule has 0 aliphatic carbocycles. The number of aryl methyl sites for hydroxylation is 6. The zero-order valence-corrected chi connectivity index (χ0v) is 64.8. The maximum Gasteiger partial charge on any atom is 0.338 e. The van der Waals surface area contributed by atoms with Crippen molar-refractivity contribution in [2.75, 3.05) is 21.4 Å². The second-order valence-corrected chi connectivity index (χ2v) is 30.7. The molecule has 0 fully saturated rings. The molecule has 107 heavy (non-hydrogen) atoms. The SMILES string of the molecule is CCOC(=O)c1ccc(Oc2c(Oc3ccccc3)[nH]n3c(-c4c(C)cc(C)c(NS(=O)Oc5ccc(Cl)c(NS(=O)Oc6cc(C(C)(C)CC(C)(C)C)ccc6C)c5)c4C)nnc23)cc1.Cc1[nH]n2c(CCCc3ccc(NC(=O)C(C)Oc4ccc(S(=O)Oc5ccc(O)cc5)cc4)cc3)nnc2c1Cl. The number of aromatic nitrogens is 8. The van der Waals surface area contributed by atoms with E-state index in [1.165, 1.54) is 30.3 Å². The molecule has 12 aromatic rings. The fraction of sp³-hybridized carbons (Fsp3) is 0.256. The van der Waals surface area contributed by atoms with Gasteiger partial charge < -0.3 is 41.9 Å². The Labute approximate surface area is 637 Å². The highest BCUT2D eigenvalue weighted by Gasteiger charge is 2.30. The van der Waals surface area contributed by atoms with Crippen LogP contribution in [0.4, 0.5) is 17.1 Å². The molecule has 0 spiro atoms. The number of ether oxygens (including phenoxy) is 4. The number of hydrogen-bond acceptors (Lipinski definition) is 17. The number of phenols is 1. The molecule has 0 radical (unpaired) electrons. The van der Waals surface area contributed by atoms with Crippen LogP contribution in [0, 0.1) is 40.0 Å². The summed E-state index contributed by atoms with van der Waals surface area (Å²) in [4.78, 5) is 25.4. The van der Waals surface area contributed by atoms with Crippen molar-refractivity contribution in [3.8, 4) is 63.3 Å². The van der Waals surface area contributed by atoms with Crippen LogP contribution in [0.25, 0.3) is 22.7 Å². The molecule has 6 N–H and O–H groups in total. The molecular weight excluding hydrogens is 1470 g/mol. The lowest BCUT2D eigenvalue weighted by Crippen LogP contribution is -2.30. The van der Waals surface area contributed by atoms with Gasteiger partial charge in [0.05, 0.1) is 39.2 Å². The molecule has 4 aromatic heterocycles. The Balaban J connectivity index is 0.000000238. The van der Waals surface area contributed by atoms with E-state index in [-0.39, 0.29) is 57.2 Å². The van der Waals surface area contributed by atoms with Crippen LogP contribution in [-0.2, 0) is 61.4 Å². The molecule has 1 amide bonds. The highest BCUT2D eigenvalue weighted by molar-refractivity contribution is 7.82. The minimum Gasteiger partial charge on any atom is -0.508 e. The number of rotatable bonds is 28. The van der Waals surface area contributed by atoms with E-state index in [1.54, 1.807) is 79.0 Å². The van der Waals surface area contributed by atoms with E-state index in [2.05, 4.69) is 86.0 Å². The third-order valence-corrected chi connectivity index (χ3v) is 20.2. The van der Waals surface area contributed by atoms with Crippen molar-refractivity contribution < 1.29 is 58.8 Å². The van der Waals surface area contributed by atoms with Crippen LogP contribution in [0.5, 0.6) is 51.9 Å². The molecule has 0 saturated heterocycles. The Morgan fingerprint density at radius 1 is 0.636 bits per heavy atom. The topological polar surface area (TPSA) is 298 Å². The zero-order chi connectivity index (χ0) is 76.4. The predicted octanol–water partition coefficient (Wildman–Crippen LogP) is 17.6. The zero-order valence-electron chi connectivity index (χ0n) is 60.8. The number of amides is 1. The number of nitrogens with one attached hydrogen (secondary N) is 5. The summed E-state index contributed by atoms with van der Waals surface area (Å²) < 4.78 is 89.5. The first kappa shape index (κ1) is 77.4. The second kappa shape index (κ2) is 33.8. The van der Waals surface area contributed by atoms with Crippen LogP contribution >= 0.6 is 23.2 Å². The monoisotopic (exact) mass is 1550 g/mol. The number of phenolic OH excluding ortho intramolecular Hbond substituents is 1. The van der Waals surface area contributed by atoms with Crippen LogP contribution in [0.3, 0.4) is 0 Å². The average molecular weight is 1550 g/mol. The highest BCUT2D eigenvalue weighted by atomic mass is 35.5. The molecule has 0 saturated carbocycles. The molecule has 4 heterocycles. The standard InChI is InChI=1S/C49H53ClN6O8S2.C29H28ClN5O5S/c1-11-60-47(57)33-18-21-36(22-19-33)61-43-45-52-51-44(56(45)53-46(43)62-35-15-13-12-14-16-35)41-30(3)25-31(4)42(32(41)5)55-66(59)63-37-23-24-38(50)39(27-37)54-65(58)64-40-26-34(20-17-29(40)2)49(9,10)28-48(6,7)8;1-18-27(30)28-33-32-26(35(28)34-18)5-3-4-20-6-8-21(9-7-20)31-29(37)19(2)39-23-14-16-25(17-15-23)41(38)40-24-12-10-22(36)11-13-24/h12-27,53-55H,11,28H2,1-10H3;6-17,19,34,36H,3-5H2,1-2H3,(H,31,37). The van der Waals surface area contributed by atoms with E-state index in [1.807, 2.05) is 112 Å². The van der Waals surface area contributed by atoms with Crippen LogP contribution in [0.1, 0.15) is 117 Å². The van der Waals surface area contributed by atoms with Crippen LogP contribution < -0.4 is 41.5 Å². The Morgan fingerprint density at radius 2 is 1.30 bits per heavy atom. The Kier molecular flexibility index (Phi) is 24.5. The maximum atomic E-state index is 13.7. The summed E-state index contributed by atoms with van der Waals surface area (Å²) in [5, 5.41) is 36.9. The minimum absolute atomic E-state index is 0.0932. The van der Waals surface area contributed by atoms with E-state index in [0.717, 1.165) is 65.0 Å². The molecule has 8 aromatic carbocycles. The number of esters is 1. The van der Waals surface area contributed by atoms with Crippen LogP contribution in [-0.4, -0.2) is 81.9 Å². The third-order valence-electron chi connectivity index (χ3n) is 17.0. The van der Waals surface area contributed by atoms with Gasteiger partial charge in [-0.05, 0) is 227 Å². The van der Waals surface area contributed by atoms with Crippen molar-refractivity contribution in [2.24, 2.45) is 5.41 Å². The van der Waals surface area contributed by atoms with Crippen molar-refractivity contribution in [1.29, 1.82) is 0 Å². The van der Waals surface area contributed by atoms with E-state index >= 15 is 0 Å². The quantitative estimate of drug-likeness (QED) is 0.0248. The van der Waals surface area contributed by atoms with E-state index in [9.17, 15) is 27.3 Å². The summed E-state index contributed by atoms with van der Waals surface area (Å²) in [5.74, 6) is 3.59. The number of benzene rings is 8. The number of carbonyl (C=O) groups is 2. The molecule has 0 aliphatic heterocycles. The van der Waals surface area contributed by atoms with Gasteiger partial charge in [-0.25, -0.2) is 18.0 Å². The van der Waals surface area contributed by atoms with Crippen LogP contribution in [0.2, 0.25) is 10.0 Å². The number of halogens is 2. The fourth-order valence-electron chi connectivity index (χ4n) is 12.1. The van der Waals surface area contributed by atoms with Crippen molar-refractivity contribution in [3.63, 3.8) is 0 Å². The number of H-pyrrole nitrogens is 2. The molecule has 4 unspecified atom stereocenters. The molecular formula is C78H81Cl2N11O13S3. The Morgan fingerprint density at radius 3 is 2.00 bits per heavy atom. The summed E-state index contributed by atoms with van der Waals surface area (Å²) in [6.45, 7) is 24.2. The third kappa shape index (κ3) is 19.5. The first-order chi connectivity index (χ1) is 51.1. The van der Waals surface area contributed by atoms with E-state index < -0.39 is 45.7 Å². The number of aromatic hydroxyl groups is 1. The van der Waals surface area contributed by atoms with E-state index in [0.29, 0.717) is 83.8 Å². The van der Waals surface area contributed by atoms with Gasteiger partial charge in [-0.3, -0.25) is 24.4 Å². The molecule has 4 atom stereocenters. The lowest BCUT2D eigenvalue weighted by Gasteiger charge is -2.33. The van der Waals surface area contributed by atoms with Gasteiger partial charge >= 0.3 is 28.5 Å². The van der Waals surface area contributed by atoms with Gasteiger partial charge in [0, 0.05) is 23.7 Å². The molecule has 29 heteroatoms. The van der Waals surface area contributed by atoms with E-state index in [4.69, 9.17) is 54.7 Å². The summed E-state index contributed by atoms with van der Waals surface area (Å²) in [6.07, 6.45) is 2.64. The van der Waals surface area contributed by atoms with Gasteiger partial charge in [0.2, 0.25) is 22.5 Å².